The van der Waals surface area contributed by atoms with Crippen molar-refractivity contribution >= 4 is 39.1 Å². The van der Waals surface area contributed by atoms with Gasteiger partial charge in [-0.25, -0.2) is 4.39 Å². The van der Waals surface area contributed by atoms with Crippen LogP contribution in [0.4, 0.5) is 10.1 Å². The predicted octanol–water partition coefficient (Wildman–Crippen LogP) is 4.65. The van der Waals surface area contributed by atoms with Crippen LogP contribution in [0.5, 0.6) is 5.75 Å². The number of carbonyl (C=O) groups excluding carboxylic acids is 1. The topological polar surface area (TPSA) is 38.3 Å². The molecule has 6 heteroatoms. The quantitative estimate of drug-likeness (QED) is 0.848. The van der Waals surface area contributed by atoms with Crippen LogP contribution in [0, 0.1) is 5.82 Å². The molecule has 21 heavy (non-hydrogen) atoms. The summed E-state index contributed by atoms with van der Waals surface area (Å²) in [7, 11) is 0. The molecule has 0 heterocycles. The first-order valence-corrected chi connectivity index (χ1v) is 7.31. The van der Waals surface area contributed by atoms with Gasteiger partial charge in [0.05, 0.1) is 0 Å². The number of amides is 1. The number of nitrogens with one attached hydrogen (secondary N) is 1. The Kier molecular flexibility index (Phi) is 5.20. The number of ether oxygens (including phenoxy) is 1. The monoisotopic (exact) mass is 371 g/mol. The van der Waals surface area contributed by atoms with Crippen molar-refractivity contribution in [1.29, 1.82) is 0 Å². The van der Waals surface area contributed by atoms with Gasteiger partial charge in [-0.3, -0.25) is 4.79 Å². The van der Waals surface area contributed by atoms with Gasteiger partial charge in [0, 0.05) is 15.2 Å². The minimum absolute atomic E-state index is 0.0203. The Morgan fingerprint density at radius 3 is 2.76 bits per heavy atom. The van der Waals surface area contributed by atoms with Gasteiger partial charge in [-0.15, -0.1) is 0 Å². The third-order valence-electron chi connectivity index (χ3n) is 2.66. The van der Waals surface area contributed by atoms with Gasteiger partial charge in [-0.2, -0.15) is 0 Å². The van der Waals surface area contributed by atoms with Gasteiger partial charge in [0.25, 0.3) is 5.91 Å². The van der Waals surface area contributed by atoms with Crippen molar-refractivity contribution in [3.05, 3.63) is 57.8 Å². The number of hydrogen-bond donors (Lipinski definition) is 1. The lowest BCUT2D eigenvalue weighted by atomic mass is 10.3. The summed E-state index contributed by atoms with van der Waals surface area (Å²) in [5.74, 6) is -0.904. The van der Waals surface area contributed by atoms with Crippen molar-refractivity contribution in [2.75, 3.05) is 5.32 Å². The number of rotatable bonds is 4. The first kappa shape index (κ1) is 15.8. The van der Waals surface area contributed by atoms with E-state index < -0.39 is 11.9 Å². The van der Waals surface area contributed by atoms with Gasteiger partial charge < -0.3 is 10.1 Å². The summed E-state index contributed by atoms with van der Waals surface area (Å²) < 4.78 is 19.6. The zero-order valence-electron chi connectivity index (χ0n) is 11.1. The molecule has 3 nitrogen and oxygen atoms in total. The van der Waals surface area contributed by atoms with Crippen LogP contribution in [-0.2, 0) is 4.79 Å². The molecule has 0 spiro atoms. The number of anilines is 1. The molecular weight excluding hydrogens is 361 g/mol. The van der Waals surface area contributed by atoms with Crippen LogP contribution in [0.25, 0.3) is 0 Å². The molecule has 0 radical (unpaired) electrons. The average Bonchev–Trinajstić information content (AvgIpc) is 2.41. The first-order chi connectivity index (χ1) is 9.95. The lowest BCUT2D eigenvalue weighted by Gasteiger charge is -2.15. The lowest BCUT2D eigenvalue weighted by molar-refractivity contribution is -0.122. The van der Waals surface area contributed by atoms with E-state index in [1.54, 1.807) is 37.3 Å². The van der Waals surface area contributed by atoms with Crippen LogP contribution in [0.1, 0.15) is 6.92 Å². The molecule has 110 valence electrons. The van der Waals surface area contributed by atoms with Crippen LogP contribution < -0.4 is 10.1 Å². The molecule has 0 aliphatic carbocycles. The third-order valence-corrected chi connectivity index (χ3v) is 3.39. The second kappa shape index (κ2) is 6.91. The van der Waals surface area contributed by atoms with Gasteiger partial charge in [0.1, 0.15) is 0 Å². The highest BCUT2D eigenvalue weighted by atomic mass is 79.9. The molecule has 2 rings (SSSR count). The van der Waals surface area contributed by atoms with Gasteiger partial charge in [-0.05, 0) is 43.3 Å². The Hall–Kier alpha value is -1.59. The number of carbonyl (C=O) groups is 1. The maximum atomic E-state index is 13.6. The van der Waals surface area contributed by atoms with Gasteiger partial charge >= 0.3 is 0 Å². The van der Waals surface area contributed by atoms with E-state index in [4.69, 9.17) is 16.3 Å². The van der Waals surface area contributed by atoms with Crippen molar-refractivity contribution < 1.29 is 13.9 Å². The van der Waals surface area contributed by atoms with Crippen LogP contribution in [-0.4, -0.2) is 12.0 Å². The van der Waals surface area contributed by atoms with Crippen molar-refractivity contribution in [3.63, 3.8) is 0 Å². The molecule has 0 aromatic heterocycles. The first-order valence-electron chi connectivity index (χ1n) is 6.14. The maximum Gasteiger partial charge on any atom is 0.265 e. The van der Waals surface area contributed by atoms with E-state index >= 15 is 0 Å². The van der Waals surface area contributed by atoms with E-state index in [1.807, 2.05) is 0 Å². The molecule has 1 amide bonds. The van der Waals surface area contributed by atoms with E-state index in [9.17, 15) is 9.18 Å². The number of benzene rings is 2. The van der Waals surface area contributed by atoms with Crippen molar-refractivity contribution in [3.8, 4) is 5.75 Å². The second-order valence-corrected chi connectivity index (χ2v) is 5.69. The maximum absolute atomic E-state index is 13.6. The van der Waals surface area contributed by atoms with Gasteiger partial charge in [-0.1, -0.05) is 33.6 Å². The highest BCUT2D eigenvalue weighted by Gasteiger charge is 2.17. The van der Waals surface area contributed by atoms with Crippen LogP contribution in [0.15, 0.2) is 46.9 Å². The second-order valence-electron chi connectivity index (χ2n) is 4.33. The Morgan fingerprint density at radius 2 is 2.10 bits per heavy atom. The average molecular weight is 373 g/mol. The van der Waals surface area contributed by atoms with E-state index in [0.717, 1.165) is 0 Å². The third kappa shape index (κ3) is 4.44. The summed E-state index contributed by atoms with van der Waals surface area (Å²) in [5.41, 5.74) is 0.555. The largest absolute Gasteiger partial charge is 0.478 e. The Labute approximate surface area is 135 Å². The zero-order valence-corrected chi connectivity index (χ0v) is 13.4. The molecule has 0 unspecified atom stereocenters. The molecule has 0 bridgehead atoms. The SMILES string of the molecule is C[C@@H](Oc1ccc(Br)cc1F)C(=O)Nc1cccc(Cl)c1. The summed E-state index contributed by atoms with van der Waals surface area (Å²) in [5, 5.41) is 3.17. The molecule has 1 atom stereocenters. The predicted molar refractivity (Wildman–Crippen MR) is 84.3 cm³/mol. The molecule has 0 aliphatic heterocycles. The summed E-state index contributed by atoms with van der Waals surface area (Å²) in [6.07, 6.45) is -0.848. The van der Waals surface area contributed by atoms with E-state index in [1.165, 1.54) is 12.1 Å². The molecule has 2 aromatic carbocycles. The normalized spacial score (nSPS) is 11.8. The molecule has 0 saturated heterocycles. The fraction of sp³-hybridized carbons (Fsp3) is 0.133. The van der Waals surface area contributed by atoms with Crippen LogP contribution >= 0.6 is 27.5 Å². The summed E-state index contributed by atoms with van der Waals surface area (Å²) in [6.45, 7) is 1.54. The minimum atomic E-state index is -0.848. The molecular formula is C15H12BrClFNO2. The lowest BCUT2D eigenvalue weighted by Crippen LogP contribution is -2.30. The Morgan fingerprint density at radius 1 is 1.33 bits per heavy atom. The molecule has 1 N–H and O–H groups in total. The van der Waals surface area contributed by atoms with Gasteiger partial charge in [0.2, 0.25) is 0 Å². The smallest absolute Gasteiger partial charge is 0.265 e. The Bertz CT molecular complexity index is 666. The fourth-order valence-corrected chi connectivity index (χ4v) is 2.15. The van der Waals surface area contributed by atoms with E-state index in [0.29, 0.717) is 15.2 Å². The minimum Gasteiger partial charge on any atom is -0.478 e. The summed E-state index contributed by atoms with van der Waals surface area (Å²) in [6, 6.07) is 11.1. The van der Waals surface area contributed by atoms with Crippen molar-refractivity contribution in [2.45, 2.75) is 13.0 Å². The molecule has 0 saturated carbocycles. The molecule has 0 aliphatic rings. The standard InChI is InChI=1S/C15H12BrClFNO2/c1-9(21-14-6-5-10(16)7-13(14)18)15(20)19-12-4-2-3-11(17)8-12/h2-9H,1H3,(H,19,20)/t9-/m1/s1. The fourth-order valence-electron chi connectivity index (χ4n) is 1.62. The highest BCUT2D eigenvalue weighted by Crippen LogP contribution is 2.23. The number of hydrogen-bond acceptors (Lipinski definition) is 2. The van der Waals surface area contributed by atoms with Crippen molar-refractivity contribution in [1.82, 2.24) is 0 Å². The van der Waals surface area contributed by atoms with Crippen LogP contribution in [0.2, 0.25) is 5.02 Å². The number of halogens is 3. The summed E-state index contributed by atoms with van der Waals surface area (Å²) >= 11 is 8.99. The van der Waals surface area contributed by atoms with Crippen LogP contribution in [0.3, 0.4) is 0 Å². The van der Waals surface area contributed by atoms with Gasteiger partial charge in [0.15, 0.2) is 17.7 Å². The zero-order chi connectivity index (χ0) is 15.4. The van der Waals surface area contributed by atoms with E-state index in [2.05, 4.69) is 21.2 Å². The molecule has 0 fully saturated rings. The van der Waals surface area contributed by atoms with Crippen molar-refractivity contribution in [2.24, 2.45) is 0 Å². The Balaban J connectivity index is 2.02. The summed E-state index contributed by atoms with van der Waals surface area (Å²) in [4.78, 5) is 12.0. The highest BCUT2D eigenvalue weighted by molar-refractivity contribution is 9.10. The van der Waals surface area contributed by atoms with E-state index in [-0.39, 0.29) is 11.7 Å². The molecule has 2 aromatic rings.